The number of benzene rings is 1. The van der Waals surface area contributed by atoms with Gasteiger partial charge in [0.05, 0.1) is 11.3 Å². The van der Waals surface area contributed by atoms with Crippen molar-refractivity contribution in [3.8, 4) is 17.2 Å². The van der Waals surface area contributed by atoms with E-state index in [1.807, 2.05) is 0 Å². The van der Waals surface area contributed by atoms with Crippen LogP contribution >= 0.6 is 0 Å². The molecule has 0 aliphatic carbocycles. The van der Waals surface area contributed by atoms with Crippen LogP contribution < -0.4 is 0 Å². The van der Waals surface area contributed by atoms with Crippen LogP contribution in [0.1, 0.15) is 34.6 Å². The van der Waals surface area contributed by atoms with Crippen molar-refractivity contribution in [1.29, 1.82) is 5.26 Å². The highest BCUT2D eigenvalue weighted by Gasteiger charge is 2.22. The minimum Gasteiger partial charge on any atom is -0.337 e. The smallest absolute Gasteiger partial charge is 0.272 e. The van der Waals surface area contributed by atoms with Crippen LogP contribution in [0.3, 0.4) is 0 Å². The van der Waals surface area contributed by atoms with Gasteiger partial charge in [0.25, 0.3) is 5.91 Å². The number of hydrogen-bond donors (Lipinski definition) is 0. The largest absolute Gasteiger partial charge is 0.337 e. The van der Waals surface area contributed by atoms with Gasteiger partial charge in [0.1, 0.15) is 17.6 Å². The first-order chi connectivity index (χ1) is 11.1. The molecule has 23 heavy (non-hydrogen) atoms. The second-order valence-corrected chi connectivity index (χ2v) is 5.63. The number of likely N-dealkylation sites (tertiary alicyclic amines) is 1. The predicted octanol–water partition coefficient (Wildman–Crippen LogP) is 3.30. The molecule has 0 spiro atoms. The Morgan fingerprint density at radius 2 is 1.91 bits per heavy atom. The number of carbonyl (C=O) groups excluding carboxylic acids is 1. The van der Waals surface area contributed by atoms with E-state index in [2.05, 4.69) is 11.1 Å². The summed E-state index contributed by atoms with van der Waals surface area (Å²) in [6, 6.07) is 9.67. The average Bonchev–Trinajstić information content (AvgIpc) is 3.08. The molecule has 2 heterocycles. The molecule has 0 N–H and O–H groups in total. The summed E-state index contributed by atoms with van der Waals surface area (Å²) in [7, 11) is 0. The number of nitrogens with zero attached hydrogens (tertiary/aromatic N) is 3. The van der Waals surface area contributed by atoms with E-state index in [0.29, 0.717) is 28.1 Å². The molecule has 2 aromatic rings. The number of rotatable bonds is 2. The maximum absolute atomic E-state index is 13.1. The Labute approximate surface area is 134 Å². The first kappa shape index (κ1) is 15.2. The molecule has 0 atom stereocenters. The topological polar surface area (TPSA) is 57.0 Å². The van der Waals surface area contributed by atoms with E-state index in [-0.39, 0.29) is 11.7 Å². The Morgan fingerprint density at radius 1 is 1.26 bits per heavy atom. The molecule has 0 bridgehead atoms. The Kier molecular flexibility index (Phi) is 4.07. The lowest BCUT2D eigenvalue weighted by molar-refractivity contribution is 0.0787. The van der Waals surface area contributed by atoms with Gasteiger partial charge in [0.2, 0.25) is 0 Å². The van der Waals surface area contributed by atoms with Crippen LogP contribution in [0.15, 0.2) is 30.3 Å². The van der Waals surface area contributed by atoms with Gasteiger partial charge in [0.15, 0.2) is 0 Å². The van der Waals surface area contributed by atoms with Crippen LogP contribution in [0.25, 0.3) is 11.1 Å². The monoisotopic (exact) mass is 309 g/mol. The number of pyridine rings is 1. The number of aryl methyl sites for hydroxylation is 1. The van der Waals surface area contributed by atoms with Gasteiger partial charge >= 0.3 is 0 Å². The summed E-state index contributed by atoms with van der Waals surface area (Å²) in [4.78, 5) is 18.6. The molecule has 1 aromatic carbocycles. The fourth-order valence-corrected chi connectivity index (χ4v) is 2.86. The summed E-state index contributed by atoms with van der Waals surface area (Å²) in [5.41, 5.74) is 2.57. The van der Waals surface area contributed by atoms with Crippen LogP contribution in [-0.2, 0) is 0 Å². The zero-order valence-electron chi connectivity index (χ0n) is 12.8. The highest BCUT2D eigenvalue weighted by molar-refractivity contribution is 5.94. The van der Waals surface area contributed by atoms with Crippen molar-refractivity contribution in [1.82, 2.24) is 9.88 Å². The van der Waals surface area contributed by atoms with Crippen molar-refractivity contribution < 1.29 is 9.18 Å². The standard InChI is InChI=1S/C18H16FN3O/c1-12-16(11-20)15(13-4-6-14(19)7-5-13)10-17(21-12)18(23)22-8-2-3-9-22/h4-7,10H,2-3,8-9H2,1H3. The van der Waals surface area contributed by atoms with Crippen LogP contribution in [0.4, 0.5) is 4.39 Å². The molecule has 3 rings (SSSR count). The number of amides is 1. The number of nitriles is 1. The van der Waals surface area contributed by atoms with Gasteiger partial charge in [-0.15, -0.1) is 0 Å². The molecule has 1 aliphatic heterocycles. The lowest BCUT2D eigenvalue weighted by Crippen LogP contribution is -2.28. The number of aromatic nitrogens is 1. The van der Waals surface area contributed by atoms with Crippen LogP contribution in [0, 0.1) is 24.1 Å². The Balaban J connectivity index is 2.08. The number of carbonyl (C=O) groups is 1. The average molecular weight is 309 g/mol. The SMILES string of the molecule is Cc1nc(C(=O)N2CCCC2)cc(-c2ccc(F)cc2)c1C#N. The molecule has 1 aliphatic rings. The highest BCUT2D eigenvalue weighted by Crippen LogP contribution is 2.27. The van der Waals surface area contributed by atoms with Crippen LogP contribution in [-0.4, -0.2) is 28.9 Å². The lowest BCUT2D eigenvalue weighted by atomic mass is 9.98. The minimum atomic E-state index is -0.341. The predicted molar refractivity (Wildman–Crippen MR) is 84.2 cm³/mol. The molecule has 4 nitrogen and oxygen atoms in total. The summed E-state index contributed by atoms with van der Waals surface area (Å²) in [5, 5.41) is 9.40. The maximum atomic E-state index is 13.1. The molecule has 1 amide bonds. The number of hydrogen-bond acceptors (Lipinski definition) is 3. The van der Waals surface area contributed by atoms with Gasteiger partial charge in [0, 0.05) is 18.7 Å². The molecule has 0 radical (unpaired) electrons. The van der Waals surface area contributed by atoms with Crippen molar-refractivity contribution in [2.45, 2.75) is 19.8 Å². The molecule has 1 fully saturated rings. The van der Waals surface area contributed by atoms with Crippen molar-refractivity contribution in [3.05, 3.63) is 53.1 Å². The third kappa shape index (κ3) is 2.93. The Hall–Kier alpha value is -2.74. The second-order valence-electron chi connectivity index (χ2n) is 5.63. The lowest BCUT2D eigenvalue weighted by Gasteiger charge is -2.16. The van der Waals surface area contributed by atoms with Gasteiger partial charge in [-0.25, -0.2) is 9.37 Å². The first-order valence-electron chi connectivity index (χ1n) is 7.57. The van der Waals surface area contributed by atoms with E-state index < -0.39 is 0 Å². The molecular weight excluding hydrogens is 293 g/mol. The van der Waals surface area contributed by atoms with E-state index in [1.54, 1.807) is 30.0 Å². The fraction of sp³-hybridized carbons (Fsp3) is 0.278. The van der Waals surface area contributed by atoms with E-state index in [1.165, 1.54) is 12.1 Å². The summed E-state index contributed by atoms with van der Waals surface area (Å²) < 4.78 is 13.1. The molecule has 1 saturated heterocycles. The van der Waals surface area contributed by atoms with Gasteiger partial charge in [-0.1, -0.05) is 12.1 Å². The maximum Gasteiger partial charge on any atom is 0.272 e. The van der Waals surface area contributed by atoms with Crippen molar-refractivity contribution in [2.75, 3.05) is 13.1 Å². The van der Waals surface area contributed by atoms with E-state index in [0.717, 1.165) is 25.9 Å². The van der Waals surface area contributed by atoms with Crippen LogP contribution in [0.5, 0.6) is 0 Å². The first-order valence-corrected chi connectivity index (χ1v) is 7.57. The summed E-state index contributed by atoms with van der Waals surface area (Å²) in [6.45, 7) is 3.20. The van der Waals surface area contributed by atoms with Crippen molar-refractivity contribution in [3.63, 3.8) is 0 Å². The van der Waals surface area contributed by atoms with Crippen LogP contribution in [0.2, 0.25) is 0 Å². The summed E-state index contributed by atoms with van der Waals surface area (Å²) >= 11 is 0. The van der Waals surface area contributed by atoms with E-state index >= 15 is 0 Å². The normalized spacial score (nSPS) is 13.9. The van der Waals surface area contributed by atoms with Gasteiger partial charge in [-0.2, -0.15) is 5.26 Å². The number of halogens is 1. The molecule has 5 heteroatoms. The quantitative estimate of drug-likeness (QED) is 0.855. The fourth-order valence-electron chi connectivity index (χ4n) is 2.86. The van der Waals surface area contributed by atoms with E-state index in [9.17, 15) is 14.4 Å². The summed E-state index contributed by atoms with van der Waals surface area (Å²) in [5.74, 6) is -0.454. The van der Waals surface area contributed by atoms with Gasteiger partial charge in [-0.05, 0) is 43.5 Å². The summed E-state index contributed by atoms with van der Waals surface area (Å²) in [6.07, 6.45) is 2.01. The van der Waals surface area contributed by atoms with Crippen molar-refractivity contribution in [2.24, 2.45) is 0 Å². The van der Waals surface area contributed by atoms with Crippen molar-refractivity contribution >= 4 is 5.91 Å². The second kappa shape index (κ2) is 6.17. The molecule has 0 saturated carbocycles. The third-order valence-electron chi connectivity index (χ3n) is 4.08. The zero-order valence-corrected chi connectivity index (χ0v) is 12.8. The van der Waals surface area contributed by atoms with Gasteiger partial charge in [-0.3, -0.25) is 4.79 Å². The third-order valence-corrected chi connectivity index (χ3v) is 4.08. The van der Waals surface area contributed by atoms with E-state index in [4.69, 9.17) is 0 Å². The molecule has 1 aromatic heterocycles. The molecule has 0 unspecified atom stereocenters. The molecule has 116 valence electrons. The minimum absolute atomic E-state index is 0.113. The Bertz CT molecular complexity index is 787. The Morgan fingerprint density at radius 3 is 2.52 bits per heavy atom. The highest BCUT2D eigenvalue weighted by atomic mass is 19.1. The molecular formula is C18H16FN3O. The van der Waals surface area contributed by atoms with Gasteiger partial charge < -0.3 is 4.90 Å². The zero-order chi connectivity index (χ0) is 16.4.